The number of amides is 1. The summed E-state index contributed by atoms with van der Waals surface area (Å²) in [4.78, 5) is 12.3. The van der Waals surface area contributed by atoms with Crippen molar-refractivity contribution in [1.82, 2.24) is 10.6 Å². The lowest BCUT2D eigenvalue weighted by atomic mass is 10.1. The highest BCUT2D eigenvalue weighted by molar-refractivity contribution is 7.92. The van der Waals surface area contributed by atoms with Crippen molar-refractivity contribution in [3.05, 3.63) is 59.4 Å². The highest BCUT2D eigenvalue weighted by Crippen LogP contribution is 2.19. The summed E-state index contributed by atoms with van der Waals surface area (Å²) in [7, 11) is -3.95. The molecule has 3 N–H and O–H groups in total. The zero-order valence-corrected chi connectivity index (χ0v) is 15.8. The van der Waals surface area contributed by atoms with Crippen molar-refractivity contribution in [1.29, 1.82) is 0 Å². The molecule has 1 amide bonds. The SMILES string of the molecule is Cc1ccc(S(=O)(=O)Nc2cccc(C(=O)NC3CCNCC3)c2)cc1F. The molecular formula is C19H22FN3O3S. The lowest BCUT2D eigenvalue weighted by molar-refractivity contribution is 0.0929. The highest BCUT2D eigenvalue weighted by Gasteiger charge is 2.19. The van der Waals surface area contributed by atoms with Crippen LogP contribution in [0.3, 0.4) is 0 Å². The van der Waals surface area contributed by atoms with Crippen molar-refractivity contribution in [2.24, 2.45) is 0 Å². The molecule has 0 aromatic heterocycles. The number of nitrogens with one attached hydrogen (secondary N) is 3. The molecule has 1 aliphatic rings. The van der Waals surface area contributed by atoms with Gasteiger partial charge in [-0.05, 0) is 68.8 Å². The summed E-state index contributed by atoms with van der Waals surface area (Å²) in [5.41, 5.74) is 0.975. The number of carbonyl (C=O) groups is 1. The number of anilines is 1. The topological polar surface area (TPSA) is 87.3 Å². The van der Waals surface area contributed by atoms with Crippen molar-refractivity contribution in [2.75, 3.05) is 17.8 Å². The number of hydrogen-bond donors (Lipinski definition) is 3. The van der Waals surface area contributed by atoms with E-state index in [2.05, 4.69) is 15.4 Å². The van der Waals surface area contributed by atoms with Gasteiger partial charge in [-0.2, -0.15) is 0 Å². The average Bonchev–Trinajstić information content (AvgIpc) is 2.64. The second kappa shape index (κ2) is 8.06. The van der Waals surface area contributed by atoms with Gasteiger partial charge in [0.2, 0.25) is 0 Å². The van der Waals surface area contributed by atoms with Crippen LogP contribution in [0.4, 0.5) is 10.1 Å². The minimum atomic E-state index is -3.95. The molecule has 0 bridgehead atoms. The zero-order valence-electron chi connectivity index (χ0n) is 15.0. The summed E-state index contributed by atoms with van der Waals surface area (Å²) >= 11 is 0. The first-order valence-corrected chi connectivity index (χ1v) is 10.2. The Morgan fingerprint density at radius 3 is 2.59 bits per heavy atom. The molecule has 2 aromatic carbocycles. The zero-order chi connectivity index (χ0) is 19.4. The third-order valence-corrected chi connectivity index (χ3v) is 5.88. The fourth-order valence-electron chi connectivity index (χ4n) is 2.91. The van der Waals surface area contributed by atoms with Crippen LogP contribution in [-0.4, -0.2) is 33.5 Å². The monoisotopic (exact) mass is 391 g/mol. The average molecular weight is 391 g/mol. The Morgan fingerprint density at radius 2 is 1.89 bits per heavy atom. The number of aryl methyl sites for hydroxylation is 1. The fraction of sp³-hybridized carbons (Fsp3) is 0.316. The van der Waals surface area contributed by atoms with Crippen LogP contribution >= 0.6 is 0 Å². The Kier molecular flexibility index (Phi) is 5.76. The van der Waals surface area contributed by atoms with Gasteiger partial charge in [-0.15, -0.1) is 0 Å². The van der Waals surface area contributed by atoms with E-state index >= 15 is 0 Å². The molecule has 0 spiro atoms. The van der Waals surface area contributed by atoms with Crippen molar-refractivity contribution in [2.45, 2.75) is 30.7 Å². The Balaban J connectivity index is 1.74. The number of halogens is 1. The van der Waals surface area contributed by atoms with E-state index in [-0.39, 0.29) is 22.5 Å². The van der Waals surface area contributed by atoms with E-state index in [0.717, 1.165) is 32.0 Å². The van der Waals surface area contributed by atoms with Crippen LogP contribution in [0.1, 0.15) is 28.8 Å². The molecule has 1 fully saturated rings. The van der Waals surface area contributed by atoms with Crippen LogP contribution in [0.5, 0.6) is 0 Å². The van der Waals surface area contributed by atoms with E-state index in [1.54, 1.807) is 25.1 Å². The predicted molar refractivity (Wildman–Crippen MR) is 102 cm³/mol. The highest BCUT2D eigenvalue weighted by atomic mass is 32.2. The maximum atomic E-state index is 13.7. The molecule has 8 heteroatoms. The maximum Gasteiger partial charge on any atom is 0.261 e. The van der Waals surface area contributed by atoms with Gasteiger partial charge in [0.1, 0.15) is 5.82 Å². The molecule has 0 aliphatic carbocycles. The minimum absolute atomic E-state index is 0.106. The van der Waals surface area contributed by atoms with Crippen LogP contribution in [0, 0.1) is 12.7 Å². The summed E-state index contributed by atoms with van der Waals surface area (Å²) < 4.78 is 41.0. The van der Waals surface area contributed by atoms with Crippen LogP contribution in [0.25, 0.3) is 0 Å². The number of piperidine rings is 1. The van der Waals surface area contributed by atoms with Gasteiger partial charge >= 0.3 is 0 Å². The molecule has 1 aliphatic heterocycles. The van der Waals surface area contributed by atoms with Gasteiger partial charge in [-0.25, -0.2) is 12.8 Å². The van der Waals surface area contributed by atoms with Crippen LogP contribution in [0.15, 0.2) is 47.4 Å². The van der Waals surface area contributed by atoms with E-state index in [9.17, 15) is 17.6 Å². The lowest BCUT2D eigenvalue weighted by Crippen LogP contribution is -2.42. The molecule has 0 unspecified atom stereocenters. The van der Waals surface area contributed by atoms with Gasteiger partial charge in [0, 0.05) is 17.3 Å². The van der Waals surface area contributed by atoms with Crippen molar-refractivity contribution in [3.8, 4) is 0 Å². The molecule has 0 saturated carbocycles. The molecule has 6 nitrogen and oxygen atoms in total. The standard InChI is InChI=1S/C19H22FN3O3S/c1-13-5-6-17(12-18(13)20)27(25,26)23-16-4-2-3-14(11-16)19(24)22-15-7-9-21-10-8-15/h2-6,11-12,15,21,23H,7-10H2,1H3,(H,22,24). The van der Waals surface area contributed by atoms with Gasteiger partial charge in [0.05, 0.1) is 4.90 Å². The first-order chi connectivity index (χ1) is 12.8. The molecular weight excluding hydrogens is 369 g/mol. The minimum Gasteiger partial charge on any atom is -0.349 e. The van der Waals surface area contributed by atoms with Gasteiger partial charge in [-0.3, -0.25) is 9.52 Å². The number of carbonyl (C=O) groups excluding carboxylic acids is 1. The quantitative estimate of drug-likeness (QED) is 0.731. The van der Waals surface area contributed by atoms with Crippen molar-refractivity contribution >= 4 is 21.6 Å². The van der Waals surface area contributed by atoms with Crippen LogP contribution in [0.2, 0.25) is 0 Å². The first-order valence-electron chi connectivity index (χ1n) is 8.76. The van der Waals surface area contributed by atoms with Gasteiger partial charge in [-0.1, -0.05) is 12.1 Å². The molecule has 2 aromatic rings. The first kappa shape index (κ1) is 19.3. The summed E-state index contributed by atoms with van der Waals surface area (Å²) in [6, 6.07) is 10.1. The maximum absolute atomic E-state index is 13.7. The molecule has 1 heterocycles. The fourth-order valence-corrected chi connectivity index (χ4v) is 3.97. The molecule has 0 atom stereocenters. The van der Waals surface area contributed by atoms with Gasteiger partial charge < -0.3 is 10.6 Å². The summed E-state index contributed by atoms with van der Waals surface area (Å²) in [6.07, 6.45) is 1.72. The van der Waals surface area contributed by atoms with Gasteiger partial charge in [0.25, 0.3) is 15.9 Å². The molecule has 27 heavy (non-hydrogen) atoms. The van der Waals surface area contributed by atoms with E-state index < -0.39 is 15.8 Å². The van der Waals surface area contributed by atoms with E-state index in [1.807, 2.05) is 0 Å². The van der Waals surface area contributed by atoms with Crippen LogP contribution < -0.4 is 15.4 Å². The summed E-state index contributed by atoms with van der Waals surface area (Å²) in [5.74, 6) is -0.836. The third-order valence-electron chi connectivity index (χ3n) is 4.50. The Morgan fingerprint density at radius 1 is 1.15 bits per heavy atom. The lowest BCUT2D eigenvalue weighted by Gasteiger charge is -2.23. The Bertz CT molecular complexity index is 941. The van der Waals surface area contributed by atoms with E-state index in [1.165, 1.54) is 18.2 Å². The summed E-state index contributed by atoms with van der Waals surface area (Å²) in [6.45, 7) is 3.28. The molecule has 0 radical (unpaired) electrons. The third kappa shape index (κ3) is 4.84. The number of benzene rings is 2. The predicted octanol–water partition coefficient (Wildman–Crippen LogP) is 2.42. The Hall–Kier alpha value is -2.45. The normalized spacial score (nSPS) is 15.3. The Labute approximate surface area is 158 Å². The number of rotatable bonds is 5. The summed E-state index contributed by atoms with van der Waals surface area (Å²) in [5, 5.41) is 6.20. The number of sulfonamides is 1. The smallest absolute Gasteiger partial charge is 0.261 e. The number of hydrogen-bond acceptors (Lipinski definition) is 4. The van der Waals surface area contributed by atoms with Crippen molar-refractivity contribution < 1.29 is 17.6 Å². The molecule has 1 saturated heterocycles. The van der Waals surface area contributed by atoms with E-state index in [0.29, 0.717) is 11.1 Å². The second-order valence-corrected chi connectivity index (χ2v) is 8.28. The molecule has 3 rings (SSSR count). The molecule has 144 valence electrons. The van der Waals surface area contributed by atoms with E-state index in [4.69, 9.17) is 0 Å². The van der Waals surface area contributed by atoms with Crippen molar-refractivity contribution in [3.63, 3.8) is 0 Å². The van der Waals surface area contributed by atoms with Gasteiger partial charge in [0.15, 0.2) is 0 Å². The van der Waals surface area contributed by atoms with Crippen LogP contribution in [-0.2, 0) is 10.0 Å². The largest absolute Gasteiger partial charge is 0.349 e. The second-order valence-electron chi connectivity index (χ2n) is 6.60.